The maximum absolute atomic E-state index is 13.0. The molecule has 1 aromatic heterocycles. The van der Waals surface area contributed by atoms with Crippen molar-refractivity contribution in [2.75, 3.05) is 6.61 Å². The molecule has 1 rings (SSSR count). The summed E-state index contributed by atoms with van der Waals surface area (Å²) < 4.78 is 43.5. The van der Waals surface area contributed by atoms with Crippen LogP contribution in [0.15, 0.2) is 6.07 Å². The summed E-state index contributed by atoms with van der Waals surface area (Å²) in [5, 5.41) is 9.07. The first kappa shape index (κ1) is 16.9. The first-order chi connectivity index (χ1) is 9.59. The van der Waals surface area contributed by atoms with E-state index in [1.165, 1.54) is 20.8 Å². The van der Waals surface area contributed by atoms with Crippen molar-refractivity contribution in [1.82, 2.24) is 4.98 Å². The van der Waals surface area contributed by atoms with Gasteiger partial charge in [-0.2, -0.15) is 13.2 Å². The molecule has 0 aliphatic heterocycles. The molecule has 0 saturated carbocycles. The van der Waals surface area contributed by atoms with E-state index < -0.39 is 40.9 Å². The molecule has 0 aliphatic carbocycles. The summed E-state index contributed by atoms with van der Waals surface area (Å²) in [6, 6.07) is 0.672. The summed E-state index contributed by atoms with van der Waals surface area (Å²) >= 11 is 0. The predicted octanol–water partition coefficient (Wildman–Crippen LogP) is 3.10. The van der Waals surface area contributed by atoms with Crippen molar-refractivity contribution in [1.29, 1.82) is 0 Å². The second-order valence-electron chi connectivity index (χ2n) is 4.50. The summed E-state index contributed by atoms with van der Waals surface area (Å²) in [7, 11) is 0. The molecular weight excluding hydrogens is 291 g/mol. The zero-order valence-corrected chi connectivity index (χ0v) is 11.6. The van der Waals surface area contributed by atoms with Gasteiger partial charge in [0.1, 0.15) is 0 Å². The van der Waals surface area contributed by atoms with E-state index in [1.807, 2.05) is 0 Å². The number of esters is 1. The van der Waals surface area contributed by atoms with Crippen LogP contribution in [-0.4, -0.2) is 28.6 Å². The Balaban J connectivity index is 3.64. The standard InChI is InChI=1S/C13H14F3NO4/c1-4-21-12(20)8-5-7(11(18)19)9(6(2)3)17-10(8)13(14,15)16/h5-6H,4H2,1-3H3,(H,18,19). The van der Waals surface area contributed by atoms with Gasteiger partial charge in [-0.15, -0.1) is 0 Å². The van der Waals surface area contributed by atoms with Gasteiger partial charge in [0.2, 0.25) is 0 Å². The Bertz CT molecular complexity index is 567. The number of halogens is 3. The highest BCUT2D eigenvalue weighted by Gasteiger charge is 2.39. The van der Waals surface area contributed by atoms with Gasteiger partial charge in [-0.25, -0.2) is 14.6 Å². The Morgan fingerprint density at radius 1 is 1.33 bits per heavy atom. The Morgan fingerprint density at radius 3 is 2.29 bits per heavy atom. The zero-order valence-electron chi connectivity index (χ0n) is 11.6. The Hall–Kier alpha value is -2.12. The lowest BCUT2D eigenvalue weighted by Gasteiger charge is -2.16. The average Bonchev–Trinajstić information content (AvgIpc) is 2.36. The van der Waals surface area contributed by atoms with Crippen molar-refractivity contribution >= 4 is 11.9 Å². The highest BCUT2D eigenvalue weighted by molar-refractivity contribution is 5.96. The number of pyridine rings is 1. The largest absolute Gasteiger partial charge is 0.478 e. The van der Waals surface area contributed by atoms with Gasteiger partial charge in [-0.3, -0.25) is 0 Å². The van der Waals surface area contributed by atoms with Gasteiger partial charge < -0.3 is 9.84 Å². The molecule has 0 radical (unpaired) electrons. The second-order valence-corrected chi connectivity index (χ2v) is 4.50. The molecule has 116 valence electrons. The molecular formula is C13H14F3NO4. The van der Waals surface area contributed by atoms with Crippen LogP contribution in [0.3, 0.4) is 0 Å². The van der Waals surface area contributed by atoms with E-state index in [0.717, 1.165) is 0 Å². The number of carbonyl (C=O) groups is 2. The third-order valence-corrected chi connectivity index (χ3v) is 2.59. The number of ether oxygens (including phenoxy) is 1. The van der Waals surface area contributed by atoms with Gasteiger partial charge in [0.25, 0.3) is 0 Å². The van der Waals surface area contributed by atoms with E-state index in [9.17, 15) is 22.8 Å². The lowest BCUT2D eigenvalue weighted by Crippen LogP contribution is -2.21. The third-order valence-electron chi connectivity index (χ3n) is 2.59. The van der Waals surface area contributed by atoms with Gasteiger partial charge in [0.15, 0.2) is 5.69 Å². The van der Waals surface area contributed by atoms with Crippen LogP contribution in [0.2, 0.25) is 0 Å². The number of alkyl halides is 3. The molecule has 0 amide bonds. The van der Waals surface area contributed by atoms with Crippen LogP contribution in [0.25, 0.3) is 0 Å². The molecule has 1 heterocycles. The van der Waals surface area contributed by atoms with Crippen LogP contribution in [0, 0.1) is 0 Å². The molecule has 0 fully saturated rings. The van der Waals surface area contributed by atoms with E-state index in [4.69, 9.17) is 5.11 Å². The summed E-state index contributed by atoms with van der Waals surface area (Å²) in [5.74, 6) is -3.26. The Labute approximate surface area is 118 Å². The van der Waals surface area contributed by atoms with Crippen LogP contribution >= 0.6 is 0 Å². The van der Waals surface area contributed by atoms with Crippen molar-refractivity contribution in [2.45, 2.75) is 32.9 Å². The molecule has 1 aromatic rings. The number of aromatic nitrogens is 1. The lowest BCUT2D eigenvalue weighted by atomic mass is 10.00. The minimum atomic E-state index is -4.89. The van der Waals surface area contributed by atoms with Crippen LogP contribution in [0.1, 0.15) is 58.8 Å². The lowest BCUT2D eigenvalue weighted by molar-refractivity contribution is -0.141. The molecule has 0 aromatic carbocycles. The smallest absolute Gasteiger partial charge is 0.434 e. The highest BCUT2D eigenvalue weighted by Crippen LogP contribution is 2.33. The fraction of sp³-hybridized carbons (Fsp3) is 0.462. The maximum Gasteiger partial charge on any atom is 0.434 e. The topological polar surface area (TPSA) is 76.5 Å². The maximum atomic E-state index is 13.0. The van der Waals surface area contributed by atoms with Crippen LogP contribution in [0.5, 0.6) is 0 Å². The fourth-order valence-corrected chi connectivity index (χ4v) is 1.72. The number of carboxylic acids is 1. The van der Waals surface area contributed by atoms with Crippen LogP contribution < -0.4 is 0 Å². The SMILES string of the molecule is CCOC(=O)c1cc(C(=O)O)c(C(C)C)nc1C(F)(F)F. The van der Waals surface area contributed by atoms with E-state index >= 15 is 0 Å². The fourth-order valence-electron chi connectivity index (χ4n) is 1.72. The Kier molecular flexibility index (Phi) is 4.93. The number of hydrogen-bond acceptors (Lipinski definition) is 4. The minimum absolute atomic E-state index is 0.134. The number of carboxylic acid groups (broad SMARTS) is 1. The number of aromatic carboxylic acids is 1. The van der Waals surface area contributed by atoms with E-state index in [1.54, 1.807) is 0 Å². The molecule has 1 N–H and O–H groups in total. The third kappa shape index (κ3) is 3.71. The molecule has 0 unspecified atom stereocenters. The van der Waals surface area contributed by atoms with E-state index in [0.29, 0.717) is 6.07 Å². The van der Waals surface area contributed by atoms with Gasteiger partial charge in [-0.1, -0.05) is 13.8 Å². The minimum Gasteiger partial charge on any atom is -0.478 e. The highest BCUT2D eigenvalue weighted by atomic mass is 19.4. The molecule has 5 nitrogen and oxygen atoms in total. The first-order valence-corrected chi connectivity index (χ1v) is 6.12. The normalized spacial score (nSPS) is 11.6. The number of rotatable bonds is 4. The second kappa shape index (κ2) is 6.11. The van der Waals surface area contributed by atoms with Crippen molar-refractivity contribution < 1.29 is 32.6 Å². The van der Waals surface area contributed by atoms with Crippen LogP contribution in [-0.2, 0) is 10.9 Å². The molecule has 0 aliphatic rings. The first-order valence-electron chi connectivity index (χ1n) is 6.12. The predicted molar refractivity (Wildman–Crippen MR) is 66.2 cm³/mol. The van der Waals surface area contributed by atoms with E-state index in [-0.39, 0.29) is 12.3 Å². The summed E-state index contributed by atoms with van der Waals surface area (Å²) in [4.78, 5) is 26.1. The monoisotopic (exact) mass is 305 g/mol. The van der Waals surface area contributed by atoms with Gasteiger partial charge in [0.05, 0.1) is 23.4 Å². The van der Waals surface area contributed by atoms with Crippen molar-refractivity contribution in [2.24, 2.45) is 0 Å². The molecule has 0 spiro atoms. The summed E-state index contributed by atoms with van der Waals surface area (Å²) in [6.45, 7) is 4.32. The summed E-state index contributed by atoms with van der Waals surface area (Å²) in [6.07, 6.45) is -4.89. The molecule has 0 atom stereocenters. The van der Waals surface area contributed by atoms with Crippen LogP contribution in [0.4, 0.5) is 13.2 Å². The summed E-state index contributed by atoms with van der Waals surface area (Å²) in [5.41, 5.74) is -3.01. The van der Waals surface area contributed by atoms with Crippen molar-refractivity contribution in [3.05, 3.63) is 28.6 Å². The number of hydrogen-bond donors (Lipinski definition) is 1. The van der Waals surface area contributed by atoms with Gasteiger partial charge in [0, 0.05) is 0 Å². The zero-order chi connectivity index (χ0) is 16.4. The van der Waals surface area contributed by atoms with Crippen molar-refractivity contribution in [3.63, 3.8) is 0 Å². The Morgan fingerprint density at radius 2 is 1.90 bits per heavy atom. The van der Waals surface area contributed by atoms with E-state index in [2.05, 4.69) is 9.72 Å². The van der Waals surface area contributed by atoms with Gasteiger partial charge in [-0.05, 0) is 18.9 Å². The molecule has 21 heavy (non-hydrogen) atoms. The quantitative estimate of drug-likeness (QED) is 0.865. The number of carbonyl (C=O) groups excluding carboxylic acids is 1. The van der Waals surface area contributed by atoms with Gasteiger partial charge >= 0.3 is 18.1 Å². The molecule has 0 saturated heterocycles. The molecule has 0 bridgehead atoms. The van der Waals surface area contributed by atoms with Crippen molar-refractivity contribution in [3.8, 4) is 0 Å². The molecule has 8 heteroatoms. The number of nitrogens with zero attached hydrogens (tertiary/aromatic N) is 1. The average molecular weight is 305 g/mol.